The van der Waals surface area contributed by atoms with Crippen LogP contribution in [0.5, 0.6) is 0 Å². The number of carbonyl (C=O) groups is 1. The molecule has 1 aliphatic rings. The van der Waals surface area contributed by atoms with Crippen LogP contribution in [0.2, 0.25) is 0 Å². The number of sulfonamides is 1. The molecule has 0 spiro atoms. The van der Waals surface area contributed by atoms with Gasteiger partial charge in [-0.3, -0.25) is 4.79 Å². The molecule has 5 nitrogen and oxygen atoms in total. The molecule has 1 amide bonds. The van der Waals surface area contributed by atoms with E-state index in [1.807, 2.05) is 0 Å². The third-order valence-electron chi connectivity index (χ3n) is 3.31. The third-order valence-corrected chi connectivity index (χ3v) is 5.02. The Balaban J connectivity index is 2.18. The Labute approximate surface area is 118 Å². The number of amides is 1. The topological polar surface area (TPSA) is 57.7 Å². The summed E-state index contributed by atoms with van der Waals surface area (Å²) in [5, 5.41) is 0. The summed E-state index contributed by atoms with van der Waals surface area (Å²) < 4.78 is 39.3. The molecule has 0 saturated carbocycles. The van der Waals surface area contributed by atoms with E-state index in [9.17, 15) is 17.6 Å². The molecule has 0 N–H and O–H groups in total. The molecule has 1 aliphatic heterocycles. The minimum absolute atomic E-state index is 0.0468. The second-order valence-electron chi connectivity index (χ2n) is 4.85. The van der Waals surface area contributed by atoms with Crippen molar-refractivity contribution >= 4 is 15.9 Å². The first-order valence-corrected chi connectivity index (χ1v) is 7.95. The molecule has 20 heavy (non-hydrogen) atoms. The van der Waals surface area contributed by atoms with Gasteiger partial charge in [0, 0.05) is 12.1 Å². The molecule has 0 aliphatic carbocycles. The molecule has 1 saturated heterocycles. The smallest absolute Gasteiger partial charge is 0.239 e. The maximum Gasteiger partial charge on any atom is 0.239 e. The van der Waals surface area contributed by atoms with Gasteiger partial charge in [-0.2, -0.15) is 4.31 Å². The van der Waals surface area contributed by atoms with Crippen LogP contribution >= 0.6 is 0 Å². The lowest BCUT2D eigenvalue weighted by Crippen LogP contribution is -2.32. The Morgan fingerprint density at radius 2 is 2.05 bits per heavy atom. The molecule has 2 rings (SSSR count). The second kappa shape index (κ2) is 5.49. The van der Waals surface area contributed by atoms with E-state index in [1.54, 1.807) is 19.9 Å². The van der Waals surface area contributed by atoms with E-state index in [0.717, 1.165) is 9.87 Å². The van der Waals surface area contributed by atoms with Crippen molar-refractivity contribution in [2.75, 3.05) is 19.8 Å². The summed E-state index contributed by atoms with van der Waals surface area (Å²) in [5.41, 5.74) is 0.857. The Morgan fingerprint density at radius 1 is 1.35 bits per heavy atom. The molecule has 7 heteroatoms. The number of likely N-dealkylation sites (N-methyl/N-ethyl adjacent to an activating group) is 1. The minimum atomic E-state index is -3.69. The SMILES string of the molecule is CCN1CN(S(=O)(=O)Cc2ccc(C)cc2F)CC1=O. The number of halogens is 1. The molecule has 1 heterocycles. The largest absolute Gasteiger partial charge is 0.328 e. The van der Waals surface area contributed by atoms with Gasteiger partial charge >= 0.3 is 0 Å². The van der Waals surface area contributed by atoms with Crippen molar-refractivity contribution in [3.63, 3.8) is 0 Å². The van der Waals surface area contributed by atoms with Crippen molar-refractivity contribution in [1.29, 1.82) is 0 Å². The Hall–Kier alpha value is -1.47. The summed E-state index contributed by atoms with van der Waals surface area (Å²) >= 11 is 0. The highest BCUT2D eigenvalue weighted by molar-refractivity contribution is 7.88. The van der Waals surface area contributed by atoms with Gasteiger partial charge in [-0.1, -0.05) is 12.1 Å². The lowest BCUT2D eigenvalue weighted by atomic mass is 10.2. The van der Waals surface area contributed by atoms with E-state index in [0.29, 0.717) is 6.54 Å². The summed E-state index contributed by atoms with van der Waals surface area (Å²) in [7, 11) is -3.69. The van der Waals surface area contributed by atoms with Gasteiger partial charge in [-0.25, -0.2) is 12.8 Å². The van der Waals surface area contributed by atoms with E-state index >= 15 is 0 Å². The molecule has 0 unspecified atom stereocenters. The number of carbonyl (C=O) groups excluding carboxylic acids is 1. The minimum Gasteiger partial charge on any atom is -0.328 e. The Kier molecular flexibility index (Phi) is 4.10. The first-order chi connectivity index (χ1) is 9.33. The Morgan fingerprint density at radius 3 is 2.60 bits per heavy atom. The van der Waals surface area contributed by atoms with Gasteiger partial charge in [-0.15, -0.1) is 0 Å². The lowest BCUT2D eigenvalue weighted by Gasteiger charge is -2.17. The summed E-state index contributed by atoms with van der Waals surface area (Å²) in [6, 6.07) is 4.44. The van der Waals surface area contributed by atoms with E-state index < -0.39 is 21.6 Å². The molecule has 0 atom stereocenters. The molecule has 1 aromatic carbocycles. The van der Waals surface area contributed by atoms with Crippen LogP contribution < -0.4 is 0 Å². The van der Waals surface area contributed by atoms with E-state index in [-0.39, 0.29) is 24.7 Å². The highest BCUT2D eigenvalue weighted by atomic mass is 32.2. The Bertz CT molecular complexity index is 631. The van der Waals surface area contributed by atoms with Gasteiger partial charge in [0.25, 0.3) is 0 Å². The van der Waals surface area contributed by atoms with Crippen LogP contribution in [0.3, 0.4) is 0 Å². The van der Waals surface area contributed by atoms with Gasteiger partial charge in [0.2, 0.25) is 15.9 Å². The van der Waals surface area contributed by atoms with Gasteiger partial charge < -0.3 is 4.90 Å². The molecule has 0 radical (unpaired) electrons. The van der Waals surface area contributed by atoms with Gasteiger partial charge in [0.15, 0.2) is 0 Å². The van der Waals surface area contributed by atoms with Crippen LogP contribution in [-0.2, 0) is 20.6 Å². The molecular formula is C13H17FN2O3S. The number of rotatable bonds is 4. The normalized spacial score (nSPS) is 16.9. The highest BCUT2D eigenvalue weighted by Crippen LogP contribution is 2.18. The van der Waals surface area contributed by atoms with Crippen molar-refractivity contribution in [3.05, 3.63) is 35.1 Å². The fraction of sp³-hybridized carbons (Fsp3) is 0.462. The highest BCUT2D eigenvalue weighted by Gasteiger charge is 2.34. The first-order valence-electron chi connectivity index (χ1n) is 6.34. The quantitative estimate of drug-likeness (QED) is 0.836. The average molecular weight is 300 g/mol. The average Bonchev–Trinajstić information content (AvgIpc) is 2.75. The first kappa shape index (κ1) is 14.9. The van der Waals surface area contributed by atoms with E-state index in [1.165, 1.54) is 17.0 Å². The van der Waals surface area contributed by atoms with Gasteiger partial charge in [-0.05, 0) is 25.5 Å². The van der Waals surface area contributed by atoms with Gasteiger partial charge in [0.1, 0.15) is 5.82 Å². The zero-order valence-corrected chi connectivity index (χ0v) is 12.3. The standard InChI is InChI=1S/C13H17FN2O3S/c1-3-15-9-16(7-13(15)17)20(18,19)8-11-5-4-10(2)6-12(11)14/h4-6H,3,7-9H2,1-2H3. The summed E-state index contributed by atoms with van der Waals surface area (Å²) in [5.74, 6) is -1.18. The molecule has 1 aromatic rings. The zero-order chi connectivity index (χ0) is 14.9. The number of nitrogens with zero attached hydrogens (tertiary/aromatic N) is 2. The molecule has 1 fully saturated rings. The number of benzene rings is 1. The summed E-state index contributed by atoms with van der Waals surface area (Å²) in [6.45, 7) is 3.87. The summed E-state index contributed by atoms with van der Waals surface area (Å²) in [4.78, 5) is 13.0. The van der Waals surface area contributed by atoms with E-state index in [2.05, 4.69) is 0 Å². The van der Waals surface area contributed by atoms with Crippen molar-refractivity contribution in [3.8, 4) is 0 Å². The number of hydrogen-bond acceptors (Lipinski definition) is 3. The monoisotopic (exact) mass is 300 g/mol. The summed E-state index contributed by atoms with van der Waals surface area (Å²) in [6.07, 6.45) is 0. The van der Waals surface area contributed by atoms with Gasteiger partial charge in [0.05, 0.1) is 19.0 Å². The predicted molar refractivity (Wildman–Crippen MR) is 72.7 cm³/mol. The predicted octanol–water partition coefficient (Wildman–Crippen LogP) is 1.09. The number of hydrogen-bond donors (Lipinski definition) is 0. The number of aryl methyl sites for hydroxylation is 1. The van der Waals surface area contributed by atoms with Crippen molar-refractivity contribution in [1.82, 2.24) is 9.21 Å². The molecule has 0 bridgehead atoms. The molecular weight excluding hydrogens is 283 g/mol. The van der Waals surface area contributed by atoms with Crippen LogP contribution in [0.15, 0.2) is 18.2 Å². The zero-order valence-electron chi connectivity index (χ0n) is 11.5. The maximum absolute atomic E-state index is 13.7. The molecule has 110 valence electrons. The van der Waals surface area contributed by atoms with Crippen LogP contribution in [0.4, 0.5) is 4.39 Å². The second-order valence-corrected chi connectivity index (χ2v) is 6.82. The van der Waals surface area contributed by atoms with Crippen LogP contribution in [0, 0.1) is 12.7 Å². The fourth-order valence-electron chi connectivity index (χ4n) is 2.09. The van der Waals surface area contributed by atoms with Crippen LogP contribution in [0.25, 0.3) is 0 Å². The maximum atomic E-state index is 13.7. The van der Waals surface area contributed by atoms with Crippen LogP contribution in [0.1, 0.15) is 18.1 Å². The van der Waals surface area contributed by atoms with Crippen molar-refractivity contribution in [2.24, 2.45) is 0 Å². The molecule has 0 aromatic heterocycles. The van der Waals surface area contributed by atoms with E-state index in [4.69, 9.17) is 0 Å². The lowest BCUT2D eigenvalue weighted by molar-refractivity contribution is -0.126. The van der Waals surface area contributed by atoms with Crippen LogP contribution in [-0.4, -0.2) is 43.3 Å². The van der Waals surface area contributed by atoms with Crippen molar-refractivity contribution in [2.45, 2.75) is 19.6 Å². The van der Waals surface area contributed by atoms with Crippen molar-refractivity contribution < 1.29 is 17.6 Å². The third kappa shape index (κ3) is 2.99. The fourth-order valence-corrected chi connectivity index (χ4v) is 3.52.